The maximum absolute atomic E-state index is 11.7. The highest BCUT2D eigenvalue weighted by Gasteiger charge is 2.08. The quantitative estimate of drug-likeness (QED) is 0.805. The Balaban J connectivity index is 2.63. The van der Waals surface area contributed by atoms with E-state index in [1.807, 2.05) is 31.2 Å². The molecular weight excluding hydrogens is 242 g/mol. The van der Waals surface area contributed by atoms with Crippen molar-refractivity contribution in [2.45, 2.75) is 13.5 Å². The number of nitrogens with zero attached hydrogens (tertiary/aromatic N) is 1. The third-order valence-corrected chi connectivity index (χ3v) is 2.51. The largest absolute Gasteiger partial charge is 0.384 e. The Bertz CT molecular complexity index is 474. The summed E-state index contributed by atoms with van der Waals surface area (Å²) >= 11 is 0. The first-order valence-corrected chi connectivity index (χ1v) is 6.17. The van der Waals surface area contributed by atoms with Gasteiger partial charge in [0.05, 0.1) is 0 Å². The fourth-order valence-electron chi connectivity index (χ4n) is 1.55. The molecule has 0 aliphatic carbocycles. The summed E-state index contributed by atoms with van der Waals surface area (Å²) in [7, 11) is 1.74. The number of ether oxygens (including phenoxy) is 1. The normalized spacial score (nSPS) is 9.63. The maximum atomic E-state index is 11.7. The Labute approximate surface area is 114 Å². The average molecular weight is 261 g/mol. The number of carbonyl (C=O) groups excluding carboxylic acids is 1. The van der Waals surface area contributed by atoms with Gasteiger partial charge in [0.15, 0.2) is 0 Å². The minimum atomic E-state index is -0.156. The maximum Gasteiger partial charge on any atom is 0.248 e. The van der Waals surface area contributed by atoms with Gasteiger partial charge in [-0.05, 0) is 24.6 Å². The van der Waals surface area contributed by atoms with Gasteiger partial charge in [-0.3, -0.25) is 4.79 Å². The molecular formula is C15H19NO3. The summed E-state index contributed by atoms with van der Waals surface area (Å²) < 4.78 is 5.09. The molecule has 0 radical (unpaired) electrons. The molecule has 0 heterocycles. The first-order chi connectivity index (χ1) is 9.17. The molecule has 0 aliphatic heterocycles. The van der Waals surface area contributed by atoms with Gasteiger partial charge in [-0.15, -0.1) is 0 Å². The predicted molar refractivity (Wildman–Crippen MR) is 73.4 cm³/mol. The number of aliphatic hydroxyl groups excluding tert-OH is 1. The minimum Gasteiger partial charge on any atom is -0.384 e. The van der Waals surface area contributed by atoms with E-state index in [1.54, 1.807) is 11.9 Å². The lowest BCUT2D eigenvalue weighted by atomic mass is 10.1. The van der Waals surface area contributed by atoms with E-state index in [1.165, 1.54) is 0 Å². The summed E-state index contributed by atoms with van der Waals surface area (Å²) in [5.41, 5.74) is 1.83. The van der Waals surface area contributed by atoms with Crippen LogP contribution in [-0.4, -0.2) is 42.8 Å². The Kier molecular flexibility index (Phi) is 6.65. The summed E-state index contributed by atoms with van der Waals surface area (Å²) in [4.78, 5) is 13.3. The van der Waals surface area contributed by atoms with E-state index in [0.29, 0.717) is 13.2 Å². The molecule has 0 spiro atoms. The molecule has 0 fully saturated rings. The number of hydrogen-bond acceptors (Lipinski definition) is 3. The van der Waals surface area contributed by atoms with Gasteiger partial charge in [-0.1, -0.05) is 24.0 Å². The predicted octanol–water partition coefficient (Wildman–Crippen LogP) is 1.03. The third-order valence-electron chi connectivity index (χ3n) is 2.51. The molecule has 1 aromatic carbocycles. The lowest BCUT2D eigenvalue weighted by Crippen LogP contribution is -2.29. The zero-order chi connectivity index (χ0) is 14.1. The smallest absolute Gasteiger partial charge is 0.248 e. The van der Waals surface area contributed by atoms with E-state index in [9.17, 15) is 4.79 Å². The van der Waals surface area contributed by atoms with Gasteiger partial charge >= 0.3 is 0 Å². The molecule has 1 rings (SSSR count). The molecule has 0 bridgehead atoms. The van der Waals surface area contributed by atoms with Gasteiger partial charge in [0.25, 0.3) is 0 Å². The number of hydrogen-bond donors (Lipinski definition) is 1. The molecule has 0 unspecified atom stereocenters. The molecule has 0 aliphatic rings. The second-order valence-electron chi connectivity index (χ2n) is 4.05. The van der Waals surface area contributed by atoms with Crippen LogP contribution in [0.25, 0.3) is 0 Å². The van der Waals surface area contributed by atoms with Crippen LogP contribution in [0.3, 0.4) is 0 Å². The number of carbonyl (C=O) groups is 1. The van der Waals surface area contributed by atoms with Gasteiger partial charge in [0, 0.05) is 25.8 Å². The van der Waals surface area contributed by atoms with Crippen LogP contribution < -0.4 is 0 Å². The molecule has 4 nitrogen and oxygen atoms in total. The molecule has 102 valence electrons. The highest BCUT2D eigenvalue weighted by Crippen LogP contribution is 2.07. The third kappa shape index (κ3) is 5.56. The Morgan fingerprint density at radius 1 is 1.47 bits per heavy atom. The van der Waals surface area contributed by atoms with Crippen molar-refractivity contribution < 1.29 is 14.6 Å². The van der Waals surface area contributed by atoms with Crippen molar-refractivity contribution in [1.29, 1.82) is 0 Å². The summed E-state index contributed by atoms with van der Waals surface area (Å²) in [5, 5.41) is 8.66. The topological polar surface area (TPSA) is 49.8 Å². The summed E-state index contributed by atoms with van der Waals surface area (Å²) in [5.74, 6) is 5.40. The molecule has 0 aromatic heterocycles. The summed E-state index contributed by atoms with van der Waals surface area (Å²) in [6.07, 6.45) is 0. The zero-order valence-corrected chi connectivity index (χ0v) is 11.3. The summed E-state index contributed by atoms with van der Waals surface area (Å²) in [6.45, 7) is 2.86. The molecule has 1 aromatic rings. The first-order valence-electron chi connectivity index (χ1n) is 6.17. The fourth-order valence-corrected chi connectivity index (χ4v) is 1.55. The van der Waals surface area contributed by atoms with E-state index in [4.69, 9.17) is 9.84 Å². The zero-order valence-electron chi connectivity index (χ0n) is 11.3. The average Bonchev–Trinajstić information content (AvgIpc) is 2.42. The number of amides is 1. The van der Waals surface area contributed by atoms with Crippen LogP contribution in [0.4, 0.5) is 0 Å². The van der Waals surface area contributed by atoms with Crippen LogP contribution in [0, 0.1) is 11.8 Å². The molecule has 0 saturated heterocycles. The monoisotopic (exact) mass is 261 g/mol. The van der Waals surface area contributed by atoms with Crippen LogP contribution >= 0.6 is 0 Å². The Morgan fingerprint density at radius 2 is 2.26 bits per heavy atom. The lowest BCUT2D eigenvalue weighted by Gasteiger charge is -2.17. The molecule has 4 heteroatoms. The second-order valence-corrected chi connectivity index (χ2v) is 4.05. The van der Waals surface area contributed by atoms with E-state index >= 15 is 0 Å². The van der Waals surface area contributed by atoms with Gasteiger partial charge in [0.1, 0.15) is 13.2 Å². The SMILES string of the molecule is CCOCC(=O)N(C)Cc1cccc(C#CCO)c1. The molecule has 1 N–H and O–H groups in total. The highest BCUT2D eigenvalue weighted by molar-refractivity contribution is 5.77. The molecule has 1 amide bonds. The number of aliphatic hydroxyl groups is 1. The molecule has 0 saturated carbocycles. The van der Waals surface area contributed by atoms with E-state index in [0.717, 1.165) is 11.1 Å². The Morgan fingerprint density at radius 3 is 2.95 bits per heavy atom. The van der Waals surface area contributed by atoms with Crippen molar-refractivity contribution in [2.24, 2.45) is 0 Å². The van der Waals surface area contributed by atoms with Crippen LogP contribution in [-0.2, 0) is 16.1 Å². The van der Waals surface area contributed by atoms with Crippen LogP contribution in [0.2, 0.25) is 0 Å². The first kappa shape index (κ1) is 15.2. The second kappa shape index (κ2) is 8.30. The van der Waals surface area contributed by atoms with Crippen molar-refractivity contribution in [2.75, 3.05) is 26.9 Å². The highest BCUT2D eigenvalue weighted by atomic mass is 16.5. The minimum absolute atomic E-state index is 0.0475. The Hall–Kier alpha value is -1.83. The van der Waals surface area contributed by atoms with Crippen molar-refractivity contribution >= 4 is 5.91 Å². The van der Waals surface area contributed by atoms with Crippen LogP contribution in [0.1, 0.15) is 18.1 Å². The number of benzene rings is 1. The van der Waals surface area contributed by atoms with Crippen LogP contribution in [0.15, 0.2) is 24.3 Å². The molecule has 19 heavy (non-hydrogen) atoms. The molecule has 0 atom stereocenters. The van der Waals surface area contributed by atoms with E-state index in [2.05, 4.69) is 11.8 Å². The number of likely N-dealkylation sites (N-methyl/N-ethyl adjacent to an activating group) is 1. The van der Waals surface area contributed by atoms with Crippen molar-refractivity contribution in [3.05, 3.63) is 35.4 Å². The fraction of sp³-hybridized carbons (Fsp3) is 0.400. The number of rotatable bonds is 5. The van der Waals surface area contributed by atoms with Crippen molar-refractivity contribution in [1.82, 2.24) is 4.90 Å². The van der Waals surface area contributed by atoms with Gasteiger partial charge in [0.2, 0.25) is 5.91 Å². The van der Waals surface area contributed by atoms with Crippen molar-refractivity contribution in [3.8, 4) is 11.8 Å². The summed E-state index contributed by atoms with van der Waals surface area (Å²) in [6, 6.07) is 7.60. The van der Waals surface area contributed by atoms with Gasteiger partial charge in [-0.2, -0.15) is 0 Å². The standard InChI is InChI=1S/C15H19NO3/c1-3-19-12-15(18)16(2)11-14-7-4-6-13(10-14)8-5-9-17/h4,6-7,10,17H,3,9,11-12H2,1-2H3. The lowest BCUT2D eigenvalue weighted by molar-refractivity contribution is -0.135. The van der Waals surface area contributed by atoms with Crippen LogP contribution in [0.5, 0.6) is 0 Å². The van der Waals surface area contributed by atoms with E-state index < -0.39 is 0 Å². The van der Waals surface area contributed by atoms with Crippen molar-refractivity contribution in [3.63, 3.8) is 0 Å². The van der Waals surface area contributed by atoms with E-state index in [-0.39, 0.29) is 19.1 Å². The van der Waals surface area contributed by atoms with Gasteiger partial charge in [-0.25, -0.2) is 0 Å². The van der Waals surface area contributed by atoms with Gasteiger partial charge < -0.3 is 14.7 Å².